The van der Waals surface area contributed by atoms with Gasteiger partial charge in [-0.2, -0.15) is 0 Å². The van der Waals surface area contributed by atoms with Gasteiger partial charge in [0.1, 0.15) is 23.5 Å². The van der Waals surface area contributed by atoms with E-state index in [1.165, 1.54) is 0 Å². The molecule has 2 saturated heterocycles. The average Bonchev–Trinajstić information content (AvgIpc) is 3.50. The van der Waals surface area contributed by atoms with E-state index in [1.807, 2.05) is 52.8 Å². The van der Waals surface area contributed by atoms with Crippen LogP contribution in [-0.2, 0) is 31.9 Å². The summed E-state index contributed by atoms with van der Waals surface area (Å²) < 4.78 is 48.6. The van der Waals surface area contributed by atoms with E-state index in [0.717, 1.165) is 10.4 Å². The number of carbonyl (C=O) groups is 1. The number of carbonyl (C=O) groups excluding carboxylic acids is 1. The summed E-state index contributed by atoms with van der Waals surface area (Å²) in [5.74, 6) is -2.20. The van der Waals surface area contributed by atoms with Gasteiger partial charge in [-0.05, 0) is 124 Å². The largest absolute Gasteiger partial charge is 0.444 e. The summed E-state index contributed by atoms with van der Waals surface area (Å²) in [5.41, 5.74) is 8.67. The number of aliphatic hydroxyl groups is 1. The van der Waals surface area contributed by atoms with Crippen molar-refractivity contribution >= 4 is 49.7 Å². The Kier molecular flexibility index (Phi) is 17.7. The first-order valence-corrected chi connectivity index (χ1v) is 35.5. The van der Waals surface area contributed by atoms with Gasteiger partial charge < -0.3 is 37.0 Å². The molecule has 2 heterocycles. The average molecular weight is 1010 g/mol. The first-order valence-electron chi connectivity index (χ1n) is 24.4. The molecule has 7 atom stereocenters. The number of azide groups is 1. The van der Waals surface area contributed by atoms with E-state index in [-0.39, 0.29) is 34.7 Å². The maximum atomic E-state index is 13.9. The highest BCUT2D eigenvalue weighted by Gasteiger charge is 2.60. The molecule has 0 aliphatic carbocycles. The molecule has 2 aliphatic heterocycles. The van der Waals surface area contributed by atoms with Crippen molar-refractivity contribution in [2.45, 2.75) is 218 Å². The second-order valence-electron chi connectivity index (χ2n) is 25.3. The molecular formula is C51H88N4O9Si4. The van der Waals surface area contributed by atoms with Gasteiger partial charge in [0.15, 0.2) is 30.7 Å². The zero-order valence-corrected chi connectivity index (χ0v) is 49.5. The topological polar surface area (TPSA) is 154 Å². The highest BCUT2D eigenvalue weighted by molar-refractivity contribution is 6.99. The van der Waals surface area contributed by atoms with Crippen molar-refractivity contribution in [3.63, 3.8) is 0 Å². The van der Waals surface area contributed by atoms with Crippen LogP contribution in [0, 0.1) is 0 Å². The maximum Gasteiger partial charge on any atom is 0.412 e. The fourth-order valence-corrected chi connectivity index (χ4v) is 17.0. The predicted octanol–water partition coefficient (Wildman–Crippen LogP) is 11.6. The monoisotopic (exact) mass is 1010 g/mol. The first kappa shape index (κ1) is 57.9. The lowest BCUT2D eigenvalue weighted by Crippen LogP contribution is -2.71. The normalized spacial score (nSPS) is 25.0. The number of hydrogen-bond acceptors (Lipinski definition) is 10. The Bertz CT molecular complexity index is 2030. The summed E-state index contributed by atoms with van der Waals surface area (Å²) in [6.07, 6.45) is -0.0789. The molecule has 2 aromatic rings. The highest BCUT2D eigenvalue weighted by atomic mass is 28.4. The van der Waals surface area contributed by atoms with Crippen molar-refractivity contribution in [2.24, 2.45) is 5.11 Å². The Morgan fingerprint density at radius 1 is 0.824 bits per heavy atom. The Hall–Kier alpha value is -2.65. The SMILES string of the molecule is CC(C)(C)OC(=O)N1[C@@H]([C@H](C/C=C\[C@]2(O)O[C@H](CO[Si](c3ccccc3)(c3ccccc3)C(C)(C)C)[C@H](O[Si](C)(C)C(C)(C)C)[C@H](O[Si](C)(C)C(C)(C)C)[C@H]2N=[N+]=[N-])O[Si](C)(C)C)COC1(C)C. The van der Waals surface area contributed by atoms with Gasteiger partial charge in [0, 0.05) is 4.91 Å². The summed E-state index contributed by atoms with van der Waals surface area (Å²) >= 11 is 0. The molecule has 17 heteroatoms. The molecule has 1 N–H and O–H groups in total. The fraction of sp³-hybridized carbons (Fsp3) is 0.706. The molecule has 0 spiro atoms. The molecular weight excluding hydrogens is 925 g/mol. The van der Waals surface area contributed by atoms with Gasteiger partial charge in [0.05, 0.1) is 37.6 Å². The smallest absolute Gasteiger partial charge is 0.412 e. The molecule has 0 aromatic heterocycles. The van der Waals surface area contributed by atoms with Crippen molar-refractivity contribution in [3.8, 4) is 0 Å². The molecule has 13 nitrogen and oxygen atoms in total. The number of nitrogens with zero attached hydrogens (tertiary/aromatic N) is 4. The number of hydrogen-bond donors (Lipinski definition) is 1. The van der Waals surface area contributed by atoms with E-state index in [0.29, 0.717) is 0 Å². The molecule has 0 saturated carbocycles. The minimum atomic E-state index is -3.16. The summed E-state index contributed by atoms with van der Waals surface area (Å²) in [6, 6.07) is 19.0. The first-order chi connectivity index (χ1) is 30.8. The van der Waals surface area contributed by atoms with Gasteiger partial charge in [-0.25, -0.2) is 4.79 Å². The van der Waals surface area contributed by atoms with E-state index in [9.17, 15) is 15.4 Å². The van der Waals surface area contributed by atoms with Crippen LogP contribution in [0.5, 0.6) is 0 Å². The van der Waals surface area contributed by atoms with Crippen molar-refractivity contribution < 1.29 is 41.8 Å². The molecule has 0 radical (unpaired) electrons. The van der Waals surface area contributed by atoms with Crippen LogP contribution in [0.15, 0.2) is 77.9 Å². The summed E-state index contributed by atoms with van der Waals surface area (Å²) in [4.78, 5) is 18.9. The van der Waals surface area contributed by atoms with Crippen molar-refractivity contribution in [1.29, 1.82) is 0 Å². The minimum Gasteiger partial charge on any atom is -0.444 e. The highest BCUT2D eigenvalue weighted by Crippen LogP contribution is 2.47. The summed E-state index contributed by atoms with van der Waals surface area (Å²) in [5, 5.41) is 19.0. The Labute approximate surface area is 414 Å². The quantitative estimate of drug-likeness (QED) is 0.0569. The zero-order valence-electron chi connectivity index (χ0n) is 45.5. The van der Waals surface area contributed by atoms with Crippen LogP contribution < -0.4 is 10.4 Å². The number of amides is 1. The van der Waals surface area contributed by atoms with Gasteiger partial charge in [0.25, 0.3) is 8.32 Å². The van der Waals surface area contributed by atoms with Crippen LogP contribution in [0.1, 0.15) is 103 Å². The molecule has 0 unspecified atom stereocenters. The van der Waals surface area contributed by atoms with Gasteiger partial charge >= 0.3 is 6.09 Å². The Morgan fingerprint density at radius 3 is 1.74 bits per heavy atom. The lowest BCUT2D eigenvalue weighted by atomic mass is 9.90. The van der Waals surface area contributed by atoms with E-state index in [2.05, 4.69) is 167 Å². The van der Waals surface area contributed by atoms with E-state index in [4.69, 9.17) is 31.9 Å². The molecule has 2 aromatic carbocycles. The predicted molar refractivity (Wildman–Crippen MR) is 284 cm³/mol. The third-order valence-corrected chi connectivity index (χ3v) is 29.0. The Morgan fingerprint density at radius 2 is 1.31 bits per heavy atom. The molecule has 2 aliphatic rings. The summed E-state index contributed by atoms with van der Waals surface area (Å²) in [7, 11) is -10.8. The van der Waals surface area contributed by atoms with E-state index in [1.54, 1.807) is 11.0 Å². The molecule has 2 fully saturated rings. The van der Waals surface area contributed by atoms with E-state index >= 15 is 0 Å². The fourth-order valence-electron chi connectivity index (χ4n) is 8.64. The number of benzene rings is 2. The molecule has 0 bridgehead atoms. The lowest BCUT2D eigenvalue weighted by molar-refractivity contribution is -0.284. The van der Waals surface area contributed by atoms with Crippen LogP contribution >= 0.6 is 0 Å². The van der Waals surface area contributed by atoms with Gasteiger partial charge in [-0.1, -0.05) is 134 Å². The van der Waals surface area contributed by atoms with Crippen LogP contribution in [0.25, 0.3) is 10.4 Å². The van der Waals surface area contributed by atoms with Crippen LogP contribution in [-0.4, -0.2) is 116 Å². The second-order valence-corrected chi connectivity index (χ2v) is 43.6. The van der Waals surface area contributed by atoms with Crippen LogP contribution in [0.2, 0.25) is 60.9 Å². The zero-order chi connectivity index (χ0) is 51.7. The van der Waals surface area contributed by atoms with Crippen molar-refractivity contribution in [1.82, 2.24) is 4.90 Å². The molecule has 68 heavy (non-hydrogen) atoms. The lowest BCUT2D eigenvalue weighted by Gasteiger charge is -2.54. The second kappa shape index (κ2) is 20.8. The third-order valence-electron chi connectivity index (χ3n) is 14.1. The molecule has 4 rings (SSSR count). The number of ether oxygens (including phenoxy) is 3. The van der Waals surface area contributed by atoms with Gasteiger partial charge in [-0.3, -0.25) is 4.90 Å². The van der Waals surface area contributed by atoms with Crippen molar-refractivity contribution in [3.05, 3.63) is 83.3 Å². The van der Waals surface area contributed by atoms with Crippen LogP contribution in [0.3, 0.4) is 0 Å². The van der Waals surface area contributed by atoms with Crippen molar-refractivity contribution in [2.75, 3.05) is 13.2 Å². The molecule has 1 amide bonds. The summed E-state index contributed by atoms with van der Waals surface area (Å²) in [6.45, 7) is 44.1. The maximum absolute atomic E-state index is 13.9. The third kappa shape index (κ3) is 13.4. The van der Waals surface area contributed by atoms with Crippen LogP contribution in [0.4, 0.5) is 4.79 Å². The standard InChI is InChI=1S/C51H88N4O9Si4/c1-46(2,3)61-45(56)55-39(35-58-50(55,13)14)40(62-65(15,16)17)33-28-34-51(57)44(53-54-52)43(64-67(20,21)48(7,8)9)42(63-66(18,19)47(4,5)6)41(60-51)36-59-68(49(10,11)12,37-29-24-22-25-30-37)38-31-26-23-27-32-38/h22-32,34,39-44,57H,33,35-36H2,1-21H3/b34-28-/t39-,40+,41-,42+,43+,44-,51+/m1/s1. The van der Waals surface area contributed by atoms with E-state index < -0.39 is 93.0 Å². The Balaban J connectivity index is 1.97. The van der Waals surface area contributed by atoms with Gasteiger partial charge in [0.2, 0.25) is 0 Å². The molecule has 382 valence electrons. The minimum absolute atomic E-state index is 0.0315. The van der Waals surface area contributed by atoms with Gasteiger partial charge in [-0.15, -0.1) is 0 Å². The number of rotatable bonds is 16.